The van der Waals surface area contributed by atoms with Crippen molar-refractivity contribution < 1.29 is 58.1 Å². The molecular weight excluding hydrogens is 562 g/mol. The van der Waals surface area contributed by atoms with Crippen LogP contribution in [0.1, 0.15) is 42.7 Å². The molecule has 0 radical (unpaired) electrons. The van der Waals surface area contributed by atoms with Crippen LogP contribution in [0.3, 0.4) is 0 Å². The van der Waals surface area contributed by atoms with Crippen LogP contribution in [-0.4, -0.2) is 13.2 Å². The van der Waals surface area contributed by atoms with E-state index in [1.165, 1.54) is 6.07 Å². The van der Waals surface area contributed by atoms with E-state index in [4.69, 9.17) is 9.47 Å². The highest BCUT2D eigenvalue weighted by Gasteiger charge is 2.42. The second-order valence-electron chi connectivity index (χ2n) is 9.06. The van der Waals surface area contributed by atoms with Crippen LogP contribution in [0.2, 0.25) is 0 Å². The van der Waals surface area contributed by atoms with Gasteiger partial charge in [0.05, 0.1) is 13.2 Å². The fourth-order valence-corrected chi connectivity index (χ4v) is 4.27. The standard InChI is InChI=1S/C27H20F10O3/c1-2-3-13-11-38-25(39-12-13)14-4-5-16(19(28)8-14)17-6-7-18(24(32)23(17)31)27(36,37)40-15-9-20(29)22(21(30)10-15)26(33,34)35/h4-10,13,25H,2-3,11-12H2,1H3. The Morgan fingerprint density at radius 3 is 1.93 bits per heavy atom. The predicted molar refractivity (Wildman–Crippen MR) is 121 cm³/mol. The Hall–Kier alpha value is -3.32. The van der Waals surface area contributed by atoms with E-state index in [1.54, 1.807) is 0 Å². The Kier molecular flexibility index (Phi) is 8.36. The number of benzene rings is 3. The number of ether oxygens (including phenoxy) is 3. The van der Waals surface area contributed by atoms with Crippen LogP contribution < -0.4 is 4.74 Å². The van der Waals surface area contributed by atoms with Gasteiger partial charge >= 0.3 is 12.3 Å². The normalized spacial score (nSPS) is 18.2. The zero-order valence-electron chi connectivity index (χ0n) is 20.5. The highest BCUT2D eigenvalue weighted by molar-refractivity contribution is 5.66. The molecule has 1 fully saturated rings. The molecule has 4 rings (SSSR count). The molecule has 13 heteroatoms. The van der Waals surface area contributed by atoms with Gasteiger partial charge in [-0.05, 0) is 18.6 Å². The first-order valence-corrected chi connectivity index (χ1v) is 11.9. The summed E-state index contributed by atoms with van der Waals surface area (Å²) in [4.78, 5) is 0. The second kappa shape index (κ2) is 11.3. The predicted octanol–water partition coefficient (Wildman–Crippen LogP) is 8.66. The Labute approximate surface area is 221 Å². The van der Waals surface area contributed by atoms with Gasteiger partial charge in [0, 0.05) is 34.7 Å². The minimum atomic E-state index is -5.47. The lowest BCUT2D eigenvalue weighted by Gasteiger charge is -2.29. The van der Waals surface area contributed by atoms with Gasteiger partial charge in [0.2, 0.25) is 0 Å². The first-order chi connectivity index (χ1) is 18.7. The first kappa shape index (κ1) is 29.7. The lowest BCUT2D eigenvalue weighted by atomic mass is 9.99. The smallest absolute Gasteiger partial charge is 0.429 e. The molecule has 0 saturated carbocycles. The van der Waals surface area contributed by atoms with E-state index in [1.807, 2.05) is 6.92 Å². The van der Waals surface area contributed by atoms with Crippen molar-refractivity contribution in [2.45, 2.75) is 38.3 Å². The second-order valence-corrected chi connectivity index (χ2v) is 9.06. The maximum absolute atomic E-state index is 14.9. The molecule has 3 nitrogen and oxygen atoms in total. The summed E-state index contributed by atoms with van der Waals surface area (Å²) in [5, 5.41) is 0. The molecule has 1 heterocycles. The number of rotatable bonds is 7. The molecule has 0 aromatic heterocycles. The molecule has 0 spiro atoms. The molecule has 0 aliphatic carbocycles. The average molecular weight is 582 g/mol. The zero-order chi connectivity index (χ0) is 29.4. The molecule has 3 aromatic carbocycles. The quantitative estimate of drug-likeness (QED) is 0.261. The highest BCUT2D eigenvalue weighted by Crippen LogP contribution is 2.40. The van der Waals surface area contributed by atoms with Crippen LogP contribution in [0.5, 0.6) is 5.75 Å². The van der Waals surface area contributed by atoms with Crippen molar-refractivity contribution in [2.75, 3.05) is 13.2 Å². The summed E-state index contributed by atoms with van der Waals surface area (Å²) in [5.41, 5.74) is -5.06. The number of hydrogen-bond acceptors (Lipinski definition) is 3. The zero-order valence-corrected chi connectivity index (χ0v) is 20.5. The fraction of sp³-hybridized carbons (Fsp3) is 0.333. The van der Waals surface area contributed by atoms with E-state index in [2.05, 4.69) is 4.74 Å². The SMILES string of the molecule is CCCC1COC(c2ccc(-c3ccc(C(F)(F)Oc4cc(F)c(C(F)(F)F)c(F)c4)c(F)c3F)c(F)c2)OC1. The van der Waals surface area contributed by atoms with Crippen molar-refractivity contribution in [3.8, 4) is 16.9 Å². The van der Waals surface area contributed by atoms with Crippen LogP contribution in [0.15, 0.2) is 42.5 Å². The fourth-order valence-electron chi connectivity index (χ4n) is 4.27. The molecule has 0 amide bonds. The van der Waals surface area contributed by atoms with Crippen LogP contribution in [0.4, 0.5) is 43.9 Å². The summed E-state index contributed by atoms with van der Waals surface area (Å²) < 4.78 is 155. The summed E-state index contributed by atoms with van der Waals surface area (Å²) in [6, 6.07) is 4.00. The summed E-state index contributed by atoms with van der Waals surface area (Å²) in [5.74, 6) is -10.9. The van der Waals surface area contributed by atoms with Crippen LogP contribution in [0, 0.1) is 35.0 Å². The minimum absolute atomic E-state index is 0.178. The molecular formula is C27H20F10O3. The summed E-state index contributed by atoms with van der Waals surface area (Å²) >= 11 is 0. The average Bonchev–Trinajstić information content (AvgIpc) is 2.85. The monoisotopic (exact) mass is 582 g/mol. The van der Waals surface area contributed by atoms with Crippen LogP contribution in [-0.2, 0) is 21.8 Å². The maximum atomic E-state index is 14.9. The Morgan fingerprint density at radius 1 is 0.775 bits per heavy atom. The molecule has 0 bridgehead atoms. The van der Waals surface area contributed by atoms with E-state index in [9.17, 15) is 43.9 Å². The summed E-state index contributed by atoms with van der Waals surface area (Å²) in [7, 11) is 0. The number of halogens is 10. The molecule has 216 valence electrons. The van der Waals surface area contributed by atoms with Gasteiger partial charge in [0.25, 0.3) is 0 Å². The molecule has 0 atom stereocenters. The Balaban J connectivity index is 1.57. The van der Waals surface area contributed by atoms with Gasteiger partial charge in [-0.2, -0.15) is 22.0 Å². The van der Waals surface area contributed by atoms with Crippen molar-refractivity contribution in [1.82, 2.24) is 0 Å². The summed E-state index contributed by atoms with van der Waals surface area (Å²) in [6.07, 6.45) is -9.35. The summed E-state index contributed by atoms with van der Waals surface area (Å²) in [6.45, 7) is 2.76. The van der Waals surface area contributed by atoms with E-state index >= 15 is 0 Å². The van der Waals surface area contributed by atoms with Crippen molar-refractivity contribution >= 4 is 0 Å². The lowest BCUT2D eigenvalue weighted by molar-refractivity contribution is -0.206. The van der Waals surface area contributed by atoms with E-state index < -0.39 is 75.7 Å². The highest BCUT2D eigenvalue weighted by atomic mass is 19.4. The van der Waals surface area contributed by atoms with E-state index in [-0.39, 0.29) is 23.6 Å². The van der Waals surface area contributed by atoms with Crippen molar-refractivity contribution in [1.29, 1.82) is 0 Å². The molecule has 1 saturated heterocycles. The van der Waals surface area contributed by atoms with Crippen molar-refractivity contribution in [3.05, 3.63) is 88.2 Å². The van der Waals surface area contributed by atoms with Gasteiger partial charge in [-0.15, -0.1) is 0 Å². The Bertz CT molecular complexity index is 1360. The largest absolute Gasteiger partial charge is 0.429 e. The minimum Gasteiger partial charge on any atom is -0.429 e. The number of hydrogen-bond donors (Lipinski definition) is 0. The molecule has 1 aliphatic heterocycles. The van der Waals surface area contributed by atoms with Gasteiger partial charge in [0.1, 0.15) is 34.3 Å². The van der Waals surface area contributed by atoms with Gasteiger partial charge in [0.15, 0.2) is 17.9 Å². The van der Waals surface area contributed by atoms with Gasteiger partial charge in [-0.3, -0.25) is 0 Å². The maximum Gasteiger partial charge on any atom is 0.429 e. The van der Waals surface area contributed by atoms with E-state index in [0.717, 1.165) is 25.0 Å². The van der Waals surface area contributed by atoms with Crippen molar-refractivity contribution in [2.24, 2.45) is 5.92 Å². The van der Waals surface area contributed by atoms with Gasteiger partial charge in [-0.1, -0.05) is 31.5 Å². The van der Waals surface area contributed by atoms with Crippen molar-refractivity contribution in [3.63, 3.8) is 0 Å². The molecule has 40 heavy (non-hydrogen) atoms. The molecule has 0 N–H and O–H groups in total. The van der Waals surface area contributed by atoms with Crippen LogP contribution >= 0.6 is 0 Å². The van der Waals surface area contributed by atoms with E-state index in [0.29, 0.717) is 25.3 Å². The first-order valence-electron chi connectivity index (χ1n) is 11.9. The third kappa shape index (κ3) is 6.04. The van der Waals surface area contributed by atoms with Crippen LogP contribution in [0.25, 0.3) is 11.1 Å². The third-order valence-electron chi connectivity index (χ3n) is 6.16. The molecule has 3 aromatic rings. The number of alkyl halides is 5. The Morgan fingerprint density at radius 2 is 1.38 bits per heavy atom. The topological polar surface area (TPSA) is 27.7 Å². The lowest BCUT2D eigenvalue weighted by Crippen LogP contribution is -2.27. The molecule has 0 unspecified atom stereocenters. The molecule has 1 aliphatic rings. The third-order valence-corrected chi connectivity index (χ3v) is 6.16. The van der Waals surface area contributed by atoms with Gasteiger partial charge < -0.3 is 14.2 Å². The van der Waals surface area contributed by atoms with Gasteiger partial charge in [-0.25, -0.2) is 22.0 Å².